The van der Waals surface area contributed by atoms with E-state index < -0.39 is 9.76 Å². The van der Waals surface area contributed by atoms with Crippen molar-refractivity contribution in [2.24, 2.45) is 0 Å². The number of ether oxygens (including phenoxy) is 2. The molecule has 0 unspecified atom stereocenters. The Hall–Kier alpha value is -1.90. The first-order valence-electron chi connectivity index (χ1n) is 7.09. The predicted molar refractivity (Wildman–Crippen MR) is 104 cm³/mol. The van der Waals surface area contributed by atoms with Crippen molar-refractivity contribution >= 4 is 64.0 Å². The van der Waals surface area contributed by atoms with E-state index in [-0.39, 0.29) is 11.5 Å². The maximum atomic E-state index is 11.7. The van der Waals surface area contributed by atoms with Gasteiger partial charge in [-0.05, 0) is 41.5 Å². The van der Waals surface area contributed by atoms with Gasteiger partial charge in [0.15, 0.2) is 11.5 Å². The van der Waals surface area contributed by atoms with Gasteiger partial charge < -0.3 is 9.47 Å². The molecular formula is C18H11Cl4NO3. The number of methoxy groups -OCH3 is 1. The van der Waals surface area contributed by atoms with Gasteiger partial charge >= 0.3 is 5.97 Å². The van der Waals surface area contributed by atoms with Crippen molar-refractivity contribution in [1.82, 2.24) is 0 Å². The maximum absolute atomic E-state index is 11.7. The number of nitriles is 1. The Morgan fingerprint density at radius 2 is 1.88 bits per heavy atom. The van der Waals surface area contributed by atoms with Crippen LogP contribution >= 0.6 is 46.4 Å². The second-order valence-corrected chi connectivity index (χ2v) is 7.70. The van der Waals surface area contributed by atoms with Crippen molar-refractivity contribution < 1.29 is 14.3 Å². The zero-order valence-electron chi connectivity index (χ0n) is 13.3. The highest BCUT2D eigenvalue weighted by Crippen LogP contribution is 2.34. The summed E-state index contributed by atoms with van der Waals surface area (Å²) < 4.78 is 8.02. The minimum atomic E-state index is -2.20. The maximum Gasteiger partial charge on any atom is 0.364 e. The van der Waals surface area contributed by atoms with Crippen LogP contribution in [0.5, 0.6) is 11.5 Å². The molecule has 0 N–H and O–H groups in total. The molecule has 2 aromatic carbocycles. The number of benzene rings is 2. The fourth-order valence-corrected chi connectivity index (χ4v) is 2.32. The largest absolute Gasteiger partial charge is 0.493 e. The number of nitrogens with zero attached hydrogens (tertiary/aromatic N) is 1. The smallest absolute Gasteiger partial charge is 0.364 e. The fraction of sp³-hybridized carbons (Fsp3) is 0.111. The standard InChI is InChI=1S/C18H11Cl4NO3/c1-25-16-8-11(5-6-15(16)26-17(24)18(20,21)22)7-13(10-23)12-3-2-4-14(19)9-12/h2-9H,1H3/b13-7-. The molecule has 4 nitrogen and oxygen atoms in total. The summed E-state index contributed by atoms with van der Waals surface area (Å²) in [4.78, 5) is 11.7. The quantitative estimate of drug-likeness (QED) is 0.205. The highest BCUT2D eigenvalue weighted by molar-refractivity contribution is 6.75. The van der Waals surface area contributed by atoms with Crippen molar-refractivity contribution in [2.45, 2.75) is 3.79 Å². The van der Waals surface area contributed by atoms with Crippen LogP contribution in [0.1, 0.15) is 11.1 Å². The zero-order valence-corrected chi connectivity index (χ0v) is 16.3. The van der Waals surface area contributed by atoms with E-state index in [1.54, 1.807) is 42.5 Å². The lowest BCUT2D eigenvalue weighted by atomic mass is 10.0. The number of allylic oxidation sites excluding steroid dienone is 1. The van der Waals surface area contributed by atoms with Crippen LogP contribution in [0, 0.1) is 11.3 Å². The molecular weight excluding hydrogens is 420 g/mol. The molecule has 2 aromatic rings. The summed E-state index contributed by atoms with van der Waals surface area (Å²) >= 11 is 22.4. The summed E-state index contributed by atoms with van der Waals surface area (Å²) in [6.45, 7) is 0. The molecule has 8 heteroatoms. The van der Waals surface area contributed by atoms with E-state index in [4.69, 9.17) is 55.9 Å². The molecule has 0 spiro atoms. The van der Waals surface area contributed by atoms with Crippen molar-refractivity contribution in [2.75, 3.05) is 7.11 Å². The van der Waals surface area contributed by atoms with Crippen molar-refractivity contribution in [3.8, 4) is 17.6 Å². The predicted octanol–water partition coefficient (Wildman–Crippen LogP) is 5.69. The molecule has 0 radical (unpaired) electrons. The van der Waals surface area contributed by atoms with Gasteiger partial charge in [0.25, 0.3) is 3.79 Å². The van der Waals surface area contributed by atoms with E-state index in [0.717, 1.165) is 0 Å². The molecule has 0 heterocycles. The van der Waals surface area contributed by atoms with E-state index in [1.165, 1.54) is 13.2 Å². The van der Waals surface area contributed by atoms with Gasteiger partial charge in [-0.15, -0.1) is 0 Å². The molecule has 26 heavy (non-hydrogen) atoms. The van der Waals surface area contributed by atoms with Gasteiger partial charge in [-0.3, -0.25) is 0 Å². The van der Waals surface area contributed by atoms with E-state index in [9.17, 15) is 10.1 Å². The van der Waals surface area contributed by atoms with Gasteiger partial charge in [0.05, 0.1) is 18.8 Å². The van der Waals surface area contributed by atoms with Crippen LogP contribution < -0.4 is 9.47 Å². The Balaban J connectivity index is 2.36. The van der Waals surface area contributed by atoms with E-state index in [2.05, 4.69) is 6.07 Å². The molecule has 0 aliphatic carbocycles. The number of esters is 1. The number of hydrogen-bond donors (Lipinski definition) is 0. The molecule has 0 aromatic heterocycles. The molecule has 2 rings (SSSR count). The molecule has 0 atom stereocenters. The first-order chi connectivity index (χ1) is 12.2. The van der Waals surface area contributed by atoms with E-state index in [0.29, 0.717) is 21.7 Å². The number of halogens is 4. The average molecular weight is 431 g/mol. The van der Waals surface area contributed by atoms with Crippen LogP contribution in [-0.4, -0.2) is 16.9 Å². The van der Waals surface area contributed by atoms with Crippen molar-refractivity contribution in [3.63, 3.8) is 0 Å². The number of carbonyl (C=O) groups excluding carboxylic acids is 1. The molecule has 0 amide bonds. The summed E-state index contributed by atoms with van der Waals surface area (Å²) in [5, 5.41) is 9.94. The van der Waals surface area contributed by atoms with Crippen LogP contribution in [0.2, 0.25) is 5.02 Å². The molecule has 0 saturated carbocycles. The third-order valence-electron chi connectivity index (χ3n) is 3.19. The van der Waals surface area contributed by atoms with Gasteiger partial charge in [0.1, 0.15) is 0 Å². The summed E-state index contributed by atoms with van der Waals surface area (Å²) in [6, 6.07) is 13.7. The van der Waals surface area contributed by atoms with Crippen molar-refractivity contribution in [1.29, 1.82) is 5.26 Å². The van der Waals surface area contributed by atoms with Crippen LogP contribution in [0.3, 0.4) is 0 Å². The number of carbonyl (C=O) groups is 1. The normalized spacial score (nSPS) is 11.6. The summed E-state index contributed by atoms with van der Waals surface area (Å²) in [5.74, 6) is -0.729. The second-order valence-electron chi connectivity index (χ2n) is 4.98. The number of alkyl halides is 3. The Bertz CT molecular complexity index is 898. The van der Waals surface area contributed by atoms with E-state index in [1.807, 2.05) is 0 Å². The first-order valence-corrected chi connectivity index (χ1v) is 8.60. The van der Waals surface area contributed by atoms with Crippen molar-refractivity contribution in [3.05, 3.63) is 58.6 Å². The Kier molecular flexibility index (Phi) is 6.80. The fourth-order valence-electron chi connectivity index (χ4n) is 2.02. The first kappa shape index (κ1) is 20.4. The van der Waals surface area contributed by atoms with Gasteiger partial charge in [-0.25, -0.2) is 4.79 Å². The Morgan fingerprint density at radius 1 is 1.15 bits per heavy atom. The SMILES string of the molecule is COc1cc(/C=C(/C#N)c2cccc(Cl)c2)ccc1OC(=O)C(Cl)(Cl)Cl. The van der Waals surface area contributed by atoms with Crippen LogP contribution in [0.4, 0.5) is 0 Å². The summed E-state index contributed by atoms with van der Waals surface area (Å²) in [6.07, 6.45) is 1.65. The molecule has 134 valence electrons. The Morgan fingerprint density at radius 3 is 2.46 bits per heavy atom. The molecule has 0 bridgehead atoms. The number of rotatable bonds is 4. The third-order valence-corrected chi connectivity index (χ3v) is 3.89. The second kappa shape index (κ2) is 8.66. The minimum Gasteiger partial charge on any atom is -0.493 e. The van der Waals surface area contributed by atoms with Gasteiger partial charge in [0.2, 0.25) is 0 Å². The lowest BCUT2D eigenvalue weighted by molar-refractivity contribution is -0.133. The summed E-state index contributed by atoms with van der Waals surface area (Å²) in [7, 11) is 1.40. The third kappa shape index (κ3) is 5.30. The molecule has 0 aliphatic heterocycles. The Labute approximate surface area is 170 Å². The van der Waals surface area contributed by atoms with Crippen LogP contribution in [0.15, 0.2) is 42.5 Å². The highest BCUT2D eigenvalue weighted by Gasteiger charge is 2.33. The molecule has 0 aliphatic rings. The van der Waals surface area contributed by atoms with E-state index >= 15 is 0 Å². The molecule has 0 saturated heterocycles. The lowest BCUT2D eigenvalue weighted by Crippen LogP contribution is -2.24. The minimum absolute atomic E-state index is 0.0854. The topological polar surface area (TPSA) is 59.3 Å². The number of hydrogen-bond acceptors (Lipinski definition) is 4. The molecule has 0 fully saturated rings. The summed E-state index contributed by atoms with van der Waals surface area (Å²) in [5.41, 5.74) is 1.72. The monoisotopic (exact) mass is 429 g/mol. The van der Waals surface area contributed by atoms with Crippen LogP contribution in [-0.2, 0) is 4.79 Å². The van der Waals surface area contributed by atoms with Crippen LogP contribution in [0.25, 0.3) is 11.6 Å². The van der Waals surface area contributed by atoms with Gasteiger partial charge in [0, 0.05) is 5.02 Å². The highest BCUT2D eigenvalue weighted by atomic mass is 35.6. The zero-order chi connectivity index (χ0) is 19.3. The van der Waals surface area contributed by atoms with Gasteiger partial charge in [-0.2, -0.15) is 5.26 Å². The average Bonchev–Trinajstić information content (AvgIpc) is 2.59. The van der Waals surface area contributed by atoms with Gasteiger partial charge in [-0.1, -0.05) is 64.6 Å². The lowest BCUT2D eigenvalue weighted by Gasteiger charge is -2.13.